The van der Waals surface area contributed by atoms with E-state index in [9.17, 15) is 13.2 Å². The van der Waals surface area contributed by atoms with E-state index in [1.807, 2.05) is 28.7 Å². The third-order valence-electron chi connectivity index (χ3n) is 3.55. The van der Waals surface area contributed by atoms with E-state index < -0.39 is 12.7 Å². The molecule has 2 aromatic heterocycles. The number of tetrazole rings is 1. The molecular weight excluding hydrogens is 331 g/mol. The first-order valence-electron chi connectivity index (χ1n) is 7.12. The number of nitrogens with zero attached hydrogens (tertiary/aromatic N) is 5. The van der Waals surface area contributed by atoms with Crippen molar-refractivity contribution in [2.24, 2.45) is 0 Å². The number of hydrogen-bond donors (Lipinski definition) is 0. The van der Waals surface area contributed by atoms with Crippen molar-refractivity contribution in [1.82, 2.24) is 25.1 Å². The zero-order chi connectivity index (χ0) is 16.4. The lowest BCUT2D eigenvalue weighted by Crippen LogP contribution is -2.42. The van der Waals surface area contributed by atoms with Crippen LogP contribution in [-0.4, -0.2) is 50.5 Å². The zero-order valence-electron chi connectivity index (χ0n) is 12.4. The van der Waals surface area contributed by atoms with Crippen LogP contribution in [-0.2, 0) is 17.8 Å². The predicted octanol–water partition coefficient (Wildman–Crippen LogP) is 2.26. The molecule has 0 aromatic carbocycles. The molecule has 0 saturated carbocycles. The molecule has 126 valence electrons. The van der Waals surface area contributed by atoms with Gasteiger partial charge in [-0.25, -0.2) is 4.68 Å². The maximum Gasteiger partial charge on any atom is 0.408 e. The number of hydrogen-bond acceptors (Lipinski definition) is 6. The molecule has 3 heterocycles. The van der Waals surface area contributed by atoms with Crippen molar-refractivity contribution < 1.29 is 17.9 Å². The Bertz CT molecular complexity index is 630. The number of morpholine rings is 1. The standard InChI is InChI=1S/C13H16F3N5OS/c1-9-4-20(5-11(22-9)10-2-3-23-7-10)6-12-17-18-19-21(12)8-13(14,15)16/h2-3,7,9,11H,4-6,8H2,1H3/t9-,11+/m1/s1. The Hall–Kier alpha value is -1.52. The second kappa shape index (κ2) is 6.54. The van der Waals surface area contributed by atoms with Gasteiger partial charge in [-0.3, -0.25) is 4.90 Å². The first-order valence-corrected chi connectivity index (χ1v) is 8.07. The Labute approximate surface area is 134 Å². The van der Waals surface area contributed by atoms with Gasteiger partial charge in [0.1, 0.15) is 6.54 Å². The lowest BCUT2D eigenvalue weighted by atomic mass is 10.1. The summed E-state index contributed by atoms with van der Waals surface area (Å²) >= 11 is 1.59. The minimum atomic E-state index is -4.35. The molecule has 2 aromatic rings. The molecule has 1 aliphatic heterocycles. The van der Waals surface area contributed by atoms with E-state index in [1.165, 1.54) is 0 Å². The molecule has 6 nitrogen and oxygen atoms in total. The third kappa shape index (κ3) is 4.27. The Morgan fingerprint density at radius 2 is 2.22 bits per heavy atom. The molecule has 1 saturated heterocycles. The highest BCUT2D eigenvalue weighted by Crippen LogP contribution is 2.27. The molecule has 0 unspecified atom stereocenters. The summed E-state index contributed by atoms with van der Waals surface area (Å²) in [7, 11) is 0. The highest BCUT2D eigenvalue weighted by Gasteiger charge is 2.32. The third-order valence-corrected chi connectivity index (χ3v) is 4.25. The van der Waals surface area contributed by atoms with E-state index in [2.05, 4.69) is 15.5 Å². The van der Waals surface area contributed by atoms with Crippen molar-refractivity contribution in [3.05, 3.63) is 28.2 Å². The van der Waals surface area contributed by atoms with Crippen LogP contribution in [0.2, 0.25) is 0 Å². The van der Waals surface area contributed by atoms with Crippen LogP contribution in [0.1, 0.15) is 24.4 Å². The quantitative estimate of drug-likeness (QED) is 0.849. The van der Waals surface area contributed by atoms with Gasteiger partial charge in [-0.1, -0.05) is 0 Å². The minimum absolute atomic E-state index is 0.0133. The van der Waals surface area contributed by atoms with E-state index in [-0.39, 0.29) is 24.6 Å². The highest BCUT2D eigenvalue weighted by atomic mass is 32.1. The summed E-state index contributed by atoms with van der Waals surface area (Å²) in [5.74, 6) is 0.209. The van der Waals surface area contributed by atoms with Gasteiger partial charge in [-0.05, 0) is 39.7 Å². The monoisotopic (exact) mass is 347 g/mol. The summed E-state index contributed by atoms with van der Waals surface area (Å²) in [6, 6.07) is 2.00. The minimum Gasteiger partial charge on any atom is -0.368 e. The molecular formula is C13H16F3N5OS. The van der Waals surface area contributed by atoms with Crippen molar-refractivity contribution in [2.75, 3.05) is 13.1 Å². The van der Waals surface area contributed by atoms with E-state index in [0.717, 1.165) is 10.2 Å². The van der Waals surface area contributed by atoms with Gasteiger partial charge < -0.3 is 4.74 Å². The second-order valence-corrected chi connectivity index (χ2v) is 6.33. The number of thiophene rings is 1. The van der Waals surface area contributed by atoms with Gasteiger partial charge in [0.15, 0.2) is 5.82 Å². The predicted molar refractivity (Wildman–Crippen MR) is 76.8 cm³/mol. The number of aromatic nitrogens is 4. The maximum absolute atomic E-state index is 12.5. The van der Waals surface area contributed by atoms with E-state index in [4.69, 9.17) is 4.74 Å². The Morgan fingerprint density at radius 3 is 2.91 bits per heavy atom. The molecule has 1 aliphatic rings. The van der Waals surface area contributed by atoms with Crippen molar-refractivity contribution in [3.63, 3.8) is 0 Å². The van der Waals surface area contributed by atoms with E-state index >= 15 is 0 Å². The van der Waals surface area contributed by atoms with Gasteiger partial charge in [0, 0.05) is 13.1 Å². The Kier molecular flexibility index (Phi) is 4.64. The molecule has 0 amide bonds. The van der Waals surface area contributed by atoms with Crippen LogP contribution in [0.3, 0.4) is 0 Å². The summed E-state index contributed by atoms with van der Waals surface area (Å²) in [6.07, 6.45) is -4.45. The topological polar surface area (TPSA) is 56.1 Å². The van der Waals surface area contributed by atoms with Crippen molar-refractivity contribution in [3.8, 4) is 0 Å². The highest BCUT2D eigenvalue weighted by molar-refractivity contribution is 7.07. The van der Waals surface area contributed by atoms with Crippen molar-refractivity contribution >= 4 is 11.3 Å². The summed E-state index contributed by atoms with van der Waals surface area (Å²) in [6.45, 7) is 2.25. The number of ether oxygens (including phenoxy) is 1. The van der Waals surface area contributed by atoms with Crippen LogP contribution in [0.25, 0.3) is 0 Å². The van der Waals surface area contributed by atoms with Crippen molar-refractivity contribution in [1.29, 1.82) is 0 Å². The van der Waals surface area contributed by atoms with Crippen molar-refractivity contribution in [2.45, 2.75) is 38.4 Å². The van der Waals surface area contributed by atoms with Crippen LogP contribution >= 0.6 is 11.3 Å². The van der Waals surface area contributed by atoms with Gasteiger partial charge in [-0.2, -0.15) is 24.5 Å². The molecule has 23 heavy (non-hydrogen) atoms. The fraction of sp³-hybridized carbons (Fsp3) is 0.615. The smallest absolute Gasteiger partial charge is 0.368 e. The second-order valence-electron chi connectivity index (χ2n) is 5.55. The fourth-order valence-electron chi connectivity index (χ4n) is 2.64. The number of rotatable bonds is 4. The number of alkyl halides is 3. The maximum atomic E-state index is 12.5. The van der Waals surface area contributed by atoms with Gasteiger partial charge in [0.05, 0.1) is 18.8 Å². The van der Waals surface area contributed by atoms with E-state index in [1.54, 1.807) is 11.3 Å². The molecule has 0 spiro atoms. The lowest BCUT2D eigenvalue weighted by molar-refractivity contribution is -0.143. The largest absolute Gasteiger partial charge is 0.408 e. The first kappa shape index (κ1) is 16.3. The zero-order valence-corrected chi connectivity index (χ0v) is 13.2. The first-order chi connectivity index (χ1) is 10.9. The lowest BCUT2D eigenvalue weighted by Gasteiger charge is -2.36. The van der Waals surface area contributed by atoms with Crippen LogP contribution in [0.5, 0.6) is 0 Å². The molecule has 1 fully saturated rings. The van der Waals surface area contributed by atoms with Crippen LogP contribution in [0, 0.1) is 0 Å². The summed E-state index contributed by atoms with van der Waals surface area (Å²) < 4.78 is 44.3. The van der Waals surface area contributed by atoms with Gasteiger partial charge in [0.2, 0.25) is 0 Å². The van der Waals surface area contributed by atoms with Gasteiger partial charge in [0.25, 0.3) is 0 Å². The molecule has 2 atom stereocenters. The molecule has 10 heteroatoms. The molecule has 0 radical (unpaired) electrons. The summed E-state index contributed by atoms with van der Waals surface area (Å²) in [4.78, 5) is 2.02. The fourth-order valence-corrected chi connectivity index (χ4v) is 3.34. The molecule has 3 rings (SSSR count). The van der Waals surface area contributed by atoms with Crippen LogP contribution in [0.4, 0.5) is 13.2 Å². The summed E-state index contributed by atoms with van der Waals surface area (Å²) in [5.41, 5.74) is 1.08. The van der Waals surface area contributed by atoms with Gasteiger partial charge >= 0.3 is 6.18 Å². The molecule has 0 aliphatic carbocycles. The Balaban J connectivity index is 1.69. The summed E-state index contributed by atoms with van der Waals surface area (Å²) in [5, 5.41) is 14.5. The van der Waals surface area contributed by atoms with Gasteiger partial charge in [-0.15, -0.1) is 5.10 Å². The average molecular weight is 347 g/mol. The normalized spacial score (nSPS) is 23.3. The van der Waals surface area contributed by atoms with Crippen LogP contribution < -0.4 is 0 Å². The molecule has 0 N–H and O–H groups in total. The number of halogens is 3. The Morgan fingerprint density at radius 1 is 1.39 bits per heavy atom. The SMILES string of the molecule is C[C@@H]1CN(Cc2nnnn2CC(F)(F)F)C[C@@H](c2ccsc2)O1. The van der Waals surface area contributed by atoms with E-state index in [0.29, 0.717) is 13.1 Å². The molecule has 0 bridgehead atoms. The van der Waals surface area contributed by atoms with Crippen LogP contribution in [0.15, 0.2) is 16.8 Å². The average Bonchev–Trinajstić information content (AvgIpc) is 3.09.